The van der Waals surface area contributed by atoms with Crippen LogP contribution in [0.1, 0.15) is 39.8 Å². The lowest BCUT2D eigenvalue weighted by molar-refractivity contribution is 0.0921. The van der Waals surface area contributed by atoms with Crippen LogP contribution < -0.4 is 16.0 Å². The summed E-state index contributed by atoms with van der Waals surface area (Å²) in [4.78, 5) is 25.2. The van der Waals surface area contributed by atoms with Crippen LogP contribution in [0.15, 0.2) is 41.8 Å². The minimum atomic E-state index is -0.158. The Morgan fingerprint density at radius 2 is 1.92 bits per heavy atom. The van der Waals surface area contributed by atoms with Crippen molar-refractivity contribution in [2.75, 3.05) is 25.0 Å². The minimum absolute atomic E-state index is 0. The fourth-order valence-corrected chi connectivity index (χ4v) is 3.56. The van der Waals surface area contributed by atoms with E-state index in [4.69, 9.17) is 0 Å². The zero-order valence-electron chi connectivity index (χ0n) is 14.7. The van der Waals surface area contributed by atoms with Gasteiger partial charge in [-0.2, -0.15) is 0 Å². The summed E-state index contributed by atoms with van der Waals surface area (Å²) in [6, 6.07) is 10.7. The van der Waals surface area contributed by atoms with Gasteiger partial charge in [0.15, 0.2) is 0 Å². The monoisotopic (exact) mass is 393 g/mol. The van der Waals surface area contributed by atoms with Crippen molar-refractivity contribution in [1.29, 1.82) is 0 Å². The van der Waals surface area contributed by atoms with Crippen LogP contribution in [0.3, 0.4) is 0 Å². The van der Waals surface area contributed by atoms with Gasteiger partial charge in [0, 0.05) is 17.8 Å². The van der Waals surface area contributed by atoms with E-state index < -0.39 is 0 Å². The molecule has 26 heavy (non-hydrogen) atoms. The molecule has 0 unspecified atom stereocenters. The van der Waals surface area contributed by atoms with Crippen molar-refractivity contribution in [2.45, 2.75) is 19.8 Å². The number of amides is 2. The van der Waals surface area contributed by atoms with Gasteiger partial charge in [0.2, 0.25) is 0 Å². The predicted molar refractivity (Wildman–Crippen MR) is 109 cm³/mol. The second kappa shape index (κ2) is 9.16. The molecule has 0 bridgehead atoms. The summed E-state index contributed by atoms with van der Waals surface area (Å²) < 4.78 is 0. The summed E-state index contributed by atoms with van der Waals surface area (Å²) in [5, 5.41) is 11.1. The van der Waals surface area contributed by atoms with Crippen LogP contribution in [0, 0.1) is 5.41 Å². The third-order valence-electron chi connectivity index (χ3n) is 4.61. The molecule has 140 valence electrons. The zero-order chi connectivity index (χ0) is 17.7. The average Bonchev–Trinajstić information content (AvgIpc) is 3.15. The molecule has 1 saturated heterocycles. The first-order valence-electron chi connectivity index (χ1n) is 8.50. The molecular weight excluding hydrogens is 370 g/mol. The summed E-state index contributed by atoms with van der Waals surface area (Å²) in [7, 11) is 0. The van der Waals surface area contributed by atoms with Crippen LogP contribution in [-0.2, 0) is 0 Å². The molecule has 2 heterocycles. The largest absolute Gasteiger partial charge is 0.351 e. The summed E-state index contributed by atoms with van der Waals surface area (Å²) >= 11 is 1.39. The van der Waals surface area contributed by atoms with E-state index in [0.29, 0.717) is 22.7 Å². The molecular formula is C19H24ClN3O2S. The minimum Gasteiger partial charge on any atom is -0.351 e. The van der Waals surface area contributed by atoms with E-state index in [1.807, 2.05) is 11.4 Å². The van der Waals surface area contributed by atoms with Crippen molar-refractivity contribution >= 4 is 41.2 Å². The number of carbonyl (C=O) groups excluding carboxylic acids is 2. The molecule has 1 aromatic carbocycles. The number of nitrogens with one attached hydrogen (secondary N) is 3. The molecule has 1 fully saturated rings. The number of benzene rings is 1. The van der Waals surface area contributed by atoms with Crippen LogP contribution in [0.2, 0.25) is 0 Å². The maximum atomic E-state index is 12.5. The summed E-state index contributed by atoms with van der Waals surface area (Å²) in [6.07, 6.45) is 2.12. The Balaban J connectivity index is 0.00000243. The third-order valence-corrected chi connectivity index (χ3v) is 5.48. The second-order valence-corrected chi connectivity index (χ2v) is 7.70. The van der Waals surface area contributed by atoms with Crippen molar-refractivity contribution in [3.63, 3.8) is 0 Å². The Kier molecular flexibility index (Phi) is 7.20. The van der Waals surface area contributed by atoms with Crippen LogP contribution in [0.25, 0.3) is 0 Å². The average molecular weight is 394 g/mol. The molecule has 5 nitrogen and oxygen atoms in total. The number of carbonyl (C=O) groups is 2. The van der Waals surface area contributed by atoms with Gasteiger partial charge in [0.1, 0.15) is 0 Å². The summed E-state index contributed by atoms with van der Waals surface area (Å²) in [6.45, 7) is 4.87. The Bertz CT molecular complexity index is 743. The topological polar surface area (TPSA) is 70.2 Å². The SMILES string of the molecule is CC1(CNC(=O)c2cccc(NC(=O)c3cccs3)c2)CCNCC1.Cl. The molecule has 0 atom stereocenters. The first-order valence-corrected chi connectivity index (χ1v) is 9.38. The molecule has 0 saturated carbocycles. The van der Waals surface area contributed by atoms with Gasteiger partial charge in [-0.15, -0.1) is 23.7 Å². The van der Waals surface area contributed by atoms with Crippen LogP contribution in [0.4, 0.5) is 5.69 Å². The first-order chi connectivity index (χ1) is 12.1. The van der Waals surface area contributed by atoms with Gasteiger partial charge in [0.05, 0.1) is 4.88 Å². The van der Waals surface area contributed by atoms with Crippen LogP contribution in [0.5, 0.6) is 0 Å². The normalized spacial score (nSPS) is 15.6. The molecule has 1 aliphatic heterocycles. The summed E-state index contributed by atoms with van der Waals surface area (Å²) in [5.41, 5.74) is 1.33. The molecule has 0 radical (unpaired) electrons. The number of anilines is 1. The molecule has 3 rings (SSSR count). The smallest absolute Gasteiger partial charge is 0.265 e. The van der Waals surface area contributed by atoms with Crippen LogP contribution >= 0.6 is 23.7 Å². The van der Waals surface area contributed by atoms with E-state index in [9.17, 15) is 9.59 Å². The molecule has 1 aromatic heterocycles. The van der Waals surface area contributed by atoms with Gasteiger partial charge < -0.3 is 16.0 Å². The Labute approximate surface area is 164 Å². The van der Waals surface area contributed by atoms with Gasteiger partial charge in [-0.3, -0.25) is 9.59 Å². The van der Waals surface area contributed by atoms with Gasteiger partial charge in [-0.05, 0) is 61.0 Å². The third kappa shape index (κ3) is 5.30. The molecule has 1 aliphatic rings. The van der Waals surface area contributed by atoms with Gasteiger partial charge in [0.25, 0.3) is 11.8 Å². The highest BCUT2D eigenvalue weighted by Crippen LogP contribution is 2.26. The molecule has 0 aliphatic carbocycles. The van der Waals surface area contributed by atoms with E-state index >= 15 is 0 Å². The van der Waals surface area contributed by atoms with E-state index in [-0.39, 0.29) is 29.6 Å². The Hall–Kier alpha value is -1.89. The molecule has 3 N–H and O–H groups in total. The molecule has 7 heteroatoms. The highest BCUT2D eigenvalue weighted by molar-refractivity contribution is 7.12. The predicted octanol–water partition coefficient (Wildman–Crippen LogP) is 3.54. The van der Waals surface area contributed by atoms with Crippen LogP contribution in [-0.4, -0.2) is 31.4 Å². The number of piperidine rings is 1. The van der Waals surface area contributed by atoms with Crippen molar-refractivity contribution < 1.29 is 9.59 Å². The van der Waals surface area contributed by atoms with Crippen molar-refractivity contribution in [3.8, 4) is 0 Å². The van der Waals surface area contributed by atoms with Crippen molar-refractivity contribution in [3.05, 3.63) is 52.2 Å². The van der Waals surface area contributed by atoms with E-state index in [1.54, 1.807) is 30.3 Å². The molecule has 2 amide bonds. The highest BCUT2D eigenvalue weighted by Gasteiger charge is 2.27. The van der Waals surface area contributed by atoms with Gasteiger partial charge >= 0.3 is 0 Å². The quantitative estimate of drug-likeness (QED) is 0.727. The lowest BCUT2D eigenvalue weighted by Gasteiger charge is -2.34. The highest BCUT2D eigenvalue weighted by atomic mass is 35.5. The number of hydrogen-bond donors (Lipinski definition) is 3. The lowest BCUT2D eigenvalue weighted by atomic mass is 9.81. The van der Waals surface area contributed by atoms with Gasteiger partial charge in [-0.1, -0.05) is 19.1 Å². The fourth-order valence-electron chi connectivity index (χ4n) is 2.94. The first kappa shape index (κ1) is 20.4. The van der Waals surface area contributed by atoms with Gasteiger partial charge in [-0.25, -0.2) is 0 Å². The maximum absolute atomic E-state index is 12.5. The van der Waals surface area contributed by atoms with Crippen molar-refractivity contribution in [2.24, 2.45) is 5.41 Å². The Morgan fingerprint density at radius 3 is 2.62 bits per heavy atom. The van der Waals surface area contributed by atoms with E-state index in [1.165, 1.54) is 11.3 Å². The Morgan fingerprint density at radius 1 is 1.15 bits per heavy atom. The number of thiophene rings is 1. The number of hydrogen-bond acceptors (Lipinski definition) is 4. The molecule has 2 aromatic rings. The van der Waals surface area contributed by atoms with E-state index in [0.717, 1.165) is 25.9 Å². The zero-order valence-corrected chi connectivity index (χ0v) is 16.3. The number of rotatable bonds is 5. The lowest BCUT2D eigenvalue weighted by Crippen LogP contribution is -2.42. The van der Waals surface area contributed by atoms with E-state index in [2.05, 4.69) is 22.9 Å². The summed E-state index contributed by atoms with van der Waals surface area (Å²) in [5.74, 6) is -0.262. The maximum Gasteiger partial charge on any atom is 0.265 e. The van der Waals surface area contributed by atoms with Crippen molar-refractivity contribution in [1.82, 2.24) is 10.6 Å². The fraction of sp³-hybridized carbons (Fsp3) is 0.368. The standard InChI is InChI=1S/C19H23N3O2S.ClH/c1-19(7-9-20-10-8-19)13-21-17(23)14-4-2-5-15(12-14)22-18(24)16-6-3-11-25-16;/h2-6,11-12,20H,7-10,13H2,1H3,(H,21,23)(H,22,24);1H. The second-order valence-electron chi connectivity index (χ2n) is 6.76. The molecule has 0 spiro atoms. The number of halogens is 1.